The second-order valence-electron chi connectivity index (χ2n) is 2.36. The molecule has 0 aliphatic carbocycles. The fraction of sp³-hybridized carbons (Fsp3) is 0.429. The summed E-state index contributed by atoms with van der Waals surface area (Å²) in [5.74, 6) is 0.114. The van der Waals surface area contributed by atoms with Gasteiger partial charge >= 0.3 is 0 Å². The zero-order chi connectivity index (χ0) is 9.84. The van der Waals surface area contributed by atoms with Crippen LogP contribution in [-0.4, -0.2) is 23.5 Å². The largest absolute Gasteiger partial charge is 0.481 e. The summed E-state index contributed by atoms with van der Waals surface area (Å²) in [4.78, 5) is 7.25. The standard InChI is InChI=1S/C7H9F2N3O/c1-13-6-4(2-5(8)9)3-11-7(10)12-6/h3,5H,2H2,1H3,(H2,10,11,12). The van der Waals surface area contributed by atoms with E-state index >= 15 is 0 Å². The maximum atomic E-state index is 12.0. The molecule has 0 radical (unpaired) electrons. The van der Waals surface area contributed by atoms with Gasteiger partial charge in [-0.15, -0.1) is 0 Å². The molecule has 1 aromatic rings. The zero-order valence-corrected chi connectivity index (χ0v) is 7.00. The number of anilines is 1. The number of hydrogen-bond donors (Lipinski definition) is 1. The van der Waals surface area contributed by atoms with E-state index < -0.39 is 12.8 Å². The highest BCUT2D eigenvalue weighted by atomic mass is 19.3. The van der Waals surface area contributed by atoms with Crippen molar-refractivity contribution in [1.29, 1.82) is 0 Å². The van der Waals surface area contributed by atoms with Crippen molar-refractivity contribution < 1.29 is 13.5 Å². The maximum Gasteiger partial charge on any atom is 0.242 e. The van der Waals surface area contributed by atoms with Crippen LogP contribution in [0.25, 0.3) is 0 Å². The number of nitrogens with zero attached hydrogens (tertiary/aromatic N) is 2. The first-order valence-electron chi connectivity index (χ1n) is 3.57. The van der Waals surface area contributed by atoms with Gasteiger partial charge in [-0.2, -0.15) is 4.98 Å². The highest BCUT2D eigenvalue weighted by Gasteiger charge is 2.11. The number of halogens is 2. The SMILES string of the molecule is COc1nc(N)ncc1CC(F)F. The van der Waals surface area contributed by atoms with Gasteiger partial charge in [0, 0.05) is 18.2 Å². The minimum absolute atomic E-state index is 0.00914. The Morgan fingerprint density at radius 3 is 2.85 bits per heavy atom. The molecule has 0 aliphatic heterocycles. The molecule has 1 aromatic heterocycles. The van der Waals surface area contributed by atoms with Crippen molar-refractivity contribution >= 4 is 5.95 Å². The van der Waals surface area contributed by atoms with E-state index in [0.717, 1.165) is 0 Å². The summed E-state index contributed by atoms with van der Waals surface area (Å²) in [6.07, 6.45) is -1.63. The number of rotatable bonds is 3. The van der Waals surface area contributed by atoms with Crippen LogP contribution in [0.1, 0.15) is 5.56 Å². The third-order valence-electron chi connectivity index (χ3n) is 1.41. The molecule has 0 aliphatic rings. The van der Waals surface area contributed by atoms with E-state index in [1.165, 1.54) is 13.3 Å². The van der Waals surface area contributed by atoms with Crippen LogP contribution in [0.15, 0.2) is 6.20 Å². The van der Waals surface area contributed by atoms with Crippen molar-refractivity contribution in [3.05, 3.63) is 11.8 Å². The second kappa shape index (κ2) is 3.97. The molecule has 0 bridgehead atoms. The van der Waals surface area contributed by atoms with Crippen LogP contribution in [0.2, 0.25) is 0 Å². The Kier molecular flexibility index (Phi) is 2.94. The molecule has 2 N–H and O–H groups in total. The van der Waals surface area contributed by atoms with Crippen molar-refractivity contribution in [3.8, 4) is 5.88 Å². The molecular formula is C7H9F2N3O. The molecule has 1 rings (SSSR count). The molecular weight excluding hydrogens is 180 g/mol. The first kappa shape index (κ1) is 9.63. The van der Waals surface area contributed by atoms with Gasteiger partial charge in [0.25, 0.3) is 0 Å². The molecule has 0 spiro atoms. The van der Waals surface area contributed by atoms with E-state index in [-0.39, 0.29) is 17.4 Å². The van der Waals surface area contributed by atoms with Gasteiger partial charge in [-0.3, -0.25) is 0 Å². The molecule has 6 heteroatoms. The van der Waals surface area contributed by atoms with E-state index in [0.29, 0.717) is 0 Å². The lowest BCUT2D eigenvalue weighted by atomic mass is 10.2. The van der Waals surface area contributed by atoms with Gasteiger partial charge in [-0.05, 0) is 0 Å². The molecule has 13 heavy (non-hydrogen) atoms. The van der Waals surface area contributed by atoms with Crippen LogP contribution in [0.3, 0.4) is 0 Å². The number of methoxy groups -OCH3 is 1. The molecule has 0 amide bonds. The monoisotopic (exact) mass is 189 g/mol. The molecule has 0 aromatic carbocycles. The summed E-state index contributed by atoms with van der Waals surface area (Å²) in [5, 5.41) is 0. The van der Waals surface area contributed by atoms with Crippen LogP contribution in [0, 0.1) is 0 Å². The number of ether oxygens (including phenoxy) is 1. The Hall–Kier alpha value is -1.46. The molecule has 4 nitrogen and oxygen atoms in total. The third kappa shape index (κ3) is 2.50. The van der Waals surface area contributed by atoms with Gasteiger partial charge < -0.3 is 10.5 Å². The van der Waals surface area contributed by atoms with Crippen molar-refractivity contribution in [1.82, 2.24) is 9.97 Å². The number of alkyl halides is 2. The van der Waals surface area contributed by atoms with E-state index in [1.807, 2.05) is 0 Å². The fourth-order valence-electron chi connectivity index (χ4n) is 0.887. The lowest BCUT2D eigenvalue weighted by Gasteiger charge is -2.05. The Bertz CT molecular complexity index is 293. The summed E-state index contributed by atoms with van der Waals surface area (Å²) >= 11 is 0. The Morgan fingerprint density at radius 2 is 2.31 bits per heavy atom. The van der Waals surface area contributed by atoms with Crippen LogP contribution in [0.4, 0.5) is 14.7 Å². The van der Waals surface area contributed by atoms with Crippen molar-refractivity contribution in [2.45, 2.75) is 12.8 Å². The summed E-state index contributed by atoms with van der Waals surface area (Å²) in [6, 6.07) is 0. The van der Waals surface area contributed by atoms with Crippen molar-refractivity contribution in [2.24, 2.45) is 0 Å². The number of aromatic nitrogens is 2. The topological polar surface area (TPSA) is 61.0 Å². The van der Waals surface area contributed by atoms with Gasteiger partial charge in [0.2, 0.25) is 18.3 Å². The Morgan fingerprint density at radius 1 is 1.62 bits per heavy atom. The second-order valence-corrected chi connectivity index (χ2v) is 2.36. The molecule has 0 atom stereocenters. The first-order valence-corrected chi connectivity index (χ1v) is 3.57. The normalized spacial score (nSPS) is 10.5. The minimum Gasteiger partial charge on any atom is -0.481 e. The molecule has 0 fully saturated rings. The lowest BCUT2D eigenvalue weighted by molar-refractivity contribution is 0.147. The summed E-state index contributed by atoms with van der Waals surface area (Å²) in [7, 11) is 1.34. The number of hydrogen-bond acceptors (Lipinski definition) is 4. The predicted octanol–water partition coefficient (Wildman–Crippen LogP) is 0.875. The molecule has 1 heterocycles. The fourth-order valence-corrected chi connectivity index (χ4v) is 0.887. The van der Waals surface area contributed by atoms with E-state index in [2.05, 4.69) is 9.97 Å². The highest BCUT2D eigenvalue weighted by molar-refractivity contribution is 5.30. The summed E-state index contributed by atoms with van der Waals surface area (Å²) < 4.78 is 28.8. The van der Waals surface area contributed by atoms with E-state index in [9.17, 15) is 8.78 Å². The lowest BCUT2D eigenvalue weighted by Crippen LogP contribution is -2.05. The summed E-state index contributed by atoms with van der Waals surface area (Å²) in [5.41, 5.74) is 5.50. The van der Waals surface area contributed by atoms with Gasteiger partial charge in [0.15, 0.2) is 0 Å². The zero-order valence-electron chi connectivity index (χ0n) is 7.00. The molecule has 0 unspecified atom stereocenters. The smallest absolute Gasteiger partial charge is 0.242 e. The Balaban J connectivity index is 2.92. The number of nitrogens with two attached hydrogens (primary N) is 1. The van der Waals surface area contributed by atoms with E-state index in [4.69, 9.17) is 10.5 Å². The third-order valence-corrected chi connectivity index (χ3v) is 1.41. The average Bonchev–Trinajstić information content (AvgIpc) is 2.07. The van der Waals surface area contributed by atoms with E-state index in [1.54, 1.807) is 0 Å². The van der Waals surface area contributed by atoms with Gasteiger partial charge in [-0.1, -0.05) is 0 Å². The summed E-state index contributed by atoms with van der Waals surface area (Å²) in [6.45, 7) is 0. The van der Waals surface area contributed by atoms with Crippen LogP contribution in [-0.2, 0) is 6.42 Å². The van der Waals surface area contributed by atoms with Gasteiger partial charge in [0.1, 0.15) is 0 Å². The number of nitrogen functional groups attached to an aromatic ring is 1. The van der Waals surface area contributed by atoms with Crippen LogP contribution >= 0.6 is 0 Å². The minimum atomic E-state index is -2.44. The van der Waals surface area contributed by atoms with Crippen molar-refractivity contribution in [3.63, 3.8) is 0 Å². The predicted molar refractivity (Wildman–Crippen MR) is 42.7 cm³/mol. The first-order chi connectivity index (χ1) is 6.13. The Labute approximate surface area is 73.8 Å². The van der Waals surface area contributed by atoms with Crippen LogP contribution in [0.5, 0.6) is 5.88 Å². The highest BCUT2D eigenvalue weighted by Crippen LogP contribution is 2.17. The molecule has 0 saturated carbocycles. The maximum absolute atomic E-state index is 12.0. The van der Waals surface area contributed by atoms with Gasteiger partial charge in [-0.25, -0.2) is 13.8 Å². The average molecular weight is 189 g/mol. The van der Waals surface area contributed by atoms with Crippen molar-refractivity contribution in [2.75, 3.05) is 12.8 Å². The van der Waals surface area contributed by atoms with Gasteiger partial charge in [0.05, 0.1) is 7.11 Å². The molecule has 72 valence electrons. The van der Waals surface area contributed by atoms with Crippen LogP contribution < -0.4 is 10.5 Å². The quantitative estimate of drug-likeness (QED) is 0.766. The molecule has 0 saturated heterocycles.